The highest BCUT2D eigenvalue weighted by Gasteiger charge is 2.11. The predicted molar refractivity (Wildman–Crippen MR) is 80.2 cm³/mol. The summed E-state index contributed by atoms with van der Waals surface area (Å²) in [6, 6.07) is 15.9. The Labute approximate surface area is 119 Å². The highest BCUT2D eigenvalue weighted by molar-refractivity contribution is 7.89. The third-order valence-electron chi connectivity index (χ3n) is 2.82. The zero-order valence-electron chi connectivity index (χ0n) is 11.4. The van der Waals surface area contributed by atoms with Gasteiger partial charge in [-0.2, -0.15) is 18.4 Å². The van der Waals surface area contributed by atoms with Crippen molar-refractivity contribution in [3.63, 3.8) is 0 Å². The lowest BCUT2D eigenvalue weighted by molar-refractivity contribution is 0.584. The molecule has 0 aliphatic rings. The maximum atomic E-state index is 12.0. The number of nitrogens with zero attached hydrogens (tertiary/aromatic N) is 1. The van der Waals surface area contributed by atoms with Crippen LogP contribution in [0, 0.1) is 6.92 Å². The summed E-state index contributed by atoms with van der Waals surface area (Å²) in [6.07, 6.45) is 0. The summed E-state index contributed by atoms with van der Waals surface area (Å²) in [4.78, 5) is 2.45. The summed E-state index contributed by atoms with van der Waals surface area (Å²) in [7, 11) is -3.61. The lowest BCUT2D eigenvalue weighted by atomic mass is 10.1. The van der Waals surface area contributed by atoms with Crippen molar-refractivity contribution in [1.82, 2.24) is 4.83 Å². The molecular weight excluding hydrogens is 272 g/mol. The van der Waals surface area contributed by atoms with E-state index in [1.807, 2.05) is 31.2 Å². The van der Waals surface area contributed by atoms with E-state index in [-0.39, 0.29) is 4.90 Å². The van der Waals surface area contributed by atoms with Crippen LogP contribution >= 0.6 is 0 Å². The number of sulfonamides is 1. The van der Waals surface area contributed by atoms with Crippen LogP contribution in [0.1, 0.15) is 18.1 Å². The fraction of sp³-hybridized carbons (Fsp3) is 0.133. The van der Waals surface area contributed by atoms with Gasteiger partial charge >= 0.3 is 0 Å². The minimum Gasteiger partial charge on any atom is -0.200 e. The van der Waals surface area contributed by atoms with Crippen LogP contribution in [0.25, 0.3) is 0 Å². The Morgan fingerprint density at radius 2 is 1.75 bits per heavy atom. The van der Waals surface area contributed by atoms with Gasteiger partial charge in [0.05, 0.1) is 10.6 Å². The van der Waals surface area contributed by atoms with E-state index >= 15 is 0 Å². The van der Waals surface area contributed by atoms with Gasteiger partial charge in [-0.1, -0.05) is 48.0 Å². The first-order valence-electron chi connectivity index (χ1n) is 6.17. The van der Waals surface area contributed by atoms with E-state index < -0.39 is 10.0 Å². The van der Waals surface area contributed by atoms with Crippen molar-refractivity contribution in [3.05, 3.63) is 65.7 Å². The van der Waals surface area contributed by atoms with E-state index in [4.69, 9.17) is 0 Å². The molecule has 1 N–H and O–H groups in total. The summed E-state index contributed by atoms with van der Waals surface area (Å²) in [5, 5.41) is 3.96. The first-order valence-corrected chi connectivity index (χ1v) is 7.65. The maximum Gasteiger partial charge on any atom is 0.276 e. The van der Waals surface area contributed by atoms with Crippen LogP contribution in [0.5, 0.6) is 0 Å². The summed E-state index contributed by atoms with van der Waals surface area (Å²) in [5.74, 6) is 0. The first kappa shape index (κ1) is 14.3. The van der Waals surface area contributed by atoms with Crippen LogP contribution in [0.4, 0.5) is 0 Å². The van der Waals surface area contributed by atoms with Crippen molar-refractivity contribution in [2.75, 3.05) is 0 Å². The van der Waals surface area contributed by atoms with E-state index in [0.717, 1.165) is 11.1 Å². The molecule has 0 saturated heterocycles. The predicted octanol–water partition coefficient (Wildman–Crippen LogP) is 2.70. The van der Waals surface area contributed by atoms with Gasteiger partial charge in [0.2, 0.25) is 0 Å². The minimum absolute atomic E-state index is 0.195. The van der Waals surface area contributed by atoms with Gasteiger partial charge in [-0.25, -0.2) is 0 Å². The smallest absolute Gasteiger partial charge is 0.200 e. The van der Waals surface area contributed by atoms with Gasteiger partial charge in [-0.3, -0.25) is 0 Å². The number of rotatable bonds is 4. The van der Waals surface area contributed by atoms with E-state index in [1.165, 1.54) is 12.1 Å². The molecule has 5 heteroatoms. The number of aryl methyl sites for hydroxylation is 1. The molecule has 2 aromatic rings. The zero-order chi connectivity index (χ0) is 14.6. The Balaban J connectivity index is 2.21. The van der Waals surface area contributed by atoms with Crippen LogP contribution in [-0.4, -0.2) is 14.1 Å². The van der Waals surface area contributed by atoms with Crippen molar-refractivity contribution in [2.45, 2.75) is 18.7 Å². The highest BCUT2D eigenvalue weighted by atomic mass is 32.2. The van der Waals surface area contributed by atoms with Crippen LogP contribution in [0.2, 0.25) is 0 Å². The molecule has 0 amide bonds. The molecule has 0 aliphatic heterocycles. The normalized spacial score (nSPS) is 12.2. The van der Waals surface area contributed by atoms with Gasteiger partial charge in [0.1, 0.15) is 0 Å². The molecule has 0 spiro atoms. The third kappa shape index (κ3) is 3.45. The van der Waals surface area contributed by atoms with Gasteiger partial charge < -0.3 is 0 Å². The molecular formula is C15H16N2O2S. The molecule has 0 saturated carbocycles. The summed E-state index contributed by atoms with van der Waals surface area (Å²) >= 11 is 0. The Morgan fingerprint density at radius 3 is 2.40 bits per heavy atom. The van der Waals surface area contributed by atoms with E-state index in [0.29, 0.717) is 5.71 Å². The van der Waals surface area contributed by atoms with E-state index in [1.54, 1.807) is 25.1 Å². The van der Waals surface area contributed by atoms with Crippen molar-refractivity contribution < 1.29 is 8.42 Å². The van der Waals surface area contributed by atoms with Crippen molar-refractivity contribution in [2.24, 2.45) is 5.10 Å². The molecule has 2 rings (SSSR count). The topological polar surface area (TPSA) is 58.5 Å². The van der Waals surface area contributed by atoms with Gasteiger partial charge in [-0.05, 0) is 31.5 Å². The maximum absolute atomic E-state index is 12.0. The molecule has 20 heavy (non-hydrogen) atoms. The van der Waals surface area contributed by atoms with Gasteiger partial charge in [0, 0.05) is 0 Å². The molecule has 0 atom stereocenters. The number of hydrogen-bond acceptors (Lipinski definition) is 3. The fourth-order valence-corrected chi connectivity index (χ4v) is 2.59. The molecule has 0 heterocycles. The Bertz CT molecular complexity index is 723. The molecule has 0 bridgehead atoms. The molecule has 2 aromatic carbocycles. The van der Waals surface area contributed by atoms with Crippen molar-refractivity contribution in [3.8, 4) is 0 Å². The first-order chi connectivity index (χ1) is 9.49. The van der Waals surface area contributed by atoms with Crippen LogP contribution in [-0.2, 0) is 10.0 Å². The molecule has 104 valence electrons. The lowest BCUT2D eigenvalue weighted by Crippen LogP contribution is -2.19. The Kier molecular flexibility index (Phi) is 4.20. The van der Waals surface area contributed by atoms with E-state index in [2.05, 4.69) is 9.93 Å². The zero-order valence-corrected chi connectivity index (χ0v) is 12.2. The van der Waals surface area contributed by atoms with Gasteiger partial charge in [0.25, 0.3) is 10.0 Å². The van der Waals surface area contributed by atoms with Gasteiger partial charge in [0.15, 0.2) is 0 Å². The third-order valence-corrected chi connectivity index (χ3v) is 4.05. The fourth-order valence-electron chi connectivity index (χ4n) is 1.72. The monoisotopic (exact) mass is 288 g/mol. The summed E-state index contributed by atoms with van der Waals surface area (Å²) < 4.78 is 24.0. The molecule has 0 aromatic heterocycles. The van der Waals surface area contributed by atoms with Crippen LogP contribution in [0.15, 0.2) is 64.6 Å². The number of hydrazone groups is 1. The second kappa shape index (κ2) is 5.88. The summed E-state index contributed by atoms with van der Waals surface area (Å²) in [5.41, 5.74) is 2.61. The highest BCUT2D eigenvalue weighted by Crippen LogP contribution is 2.08. The molecule has 0 fully saturated rings. The Hall–Kier alpha value is -2.14. The van der Waals surface area contributed by atoms with E-state index in [9.17, 15) is 8.42 Å². The minimum atomic E-state index is -3.61. The number of nitrogens with one attached hydrogen (secondary N) is 1. The largest absolute Gasteiger partial charge is 0.276 e. The number of benzene rings is 2. The molecule has 0 unspecified atom stereocenters. The van der Waals surface area contributed by atoms with Crippen LogP contribution < -0.4 is 4.83 Å². The molecule has 0 radical (unpaired) electrons. The van der Waals surface area contributed by atoms with Crippen molar-refractivity contribution >= 4 is 15.7 Å². The van der Waals surface area contributed by atoms with Crippen molar-refractivity contribution in [1.29, 1.82) is 0 Å². The quantitative estimate of drug-likeness (QED) is 0.694. The average molecular weight is 288 g/mol. The average Bonchev–Trinajstić information content (AvgIpc) is 2.46. The SMILES string of the molecule is C/C(=N\NS(=O)(=O)c1ccccc1)c1cccc(C)c1. The molecule has 4 nitrogen and oxygen atoms in total. The second-order valence-corrected chi connectivity index (χ2v) is 6.14. The Morgan fingerprint density at radius 1 is 1.05 bits per heavy atom. The van der Waals surface area contributed by atoms with Gasteiger partial charge in [-0.15, -0.1) is 0 Å². The second-order valence-electron chi connectivity index (χ2n) is 4.47. The summed E-state index contributed by atoms with van der Waals surface area (Å²) in [6.45, 7) is 3.74. The lowest BCUT2D eigenvalue weighted by Gasteiger charge is -2.05. The van der Waals surface area contributed by atoms with Crippen LogP contribution in [0.3, 0.4) is 0 Å². The molecule has 0 aliphatic carbocycles. The number of hydrogen-bond donors (Lipinski definition) is 1. The standard InChI is InChI=1S/C15H16N2O2S/c1-12-7-6-8-14(11-12)13(2)16-17-20(18,19)15-9-4-3-5-10-15/h3-11,17H,1-2H3/b16-13+.